The predicted molar refractivity (Wildman–Crippen MR) is 91.0 cm³/mol. The maximum atomic E-state index is 9.66. The molecule has 22 heavy (non-hydrogen) atoms. The minimum absolute atomic E-state index is 0.249. The van der Waals surface area contributed by atoms with Crippen molar-refractivity contribution < 1.29 is 5.11 Å². The Morgan fingerprint density at radius 1 is 1.27 bits per heavy atom. The maximum absolute atomic E-state index is 9.66. The van der Waals surface area contributed by atoms with Gasteiger partial charge in [0.1, 0.15) is 0 Å². The SMILES string of the molecule is CCn1ccc2cc(CN3C[C@H](N(C)C)C[C@H]3CO)ccc21. The van der Waals surface area contributed by atoms with Gasteiger partial charge < -0.3 is 14.6 Å². The molecule has 4 heteroatoms. The van der Waals surface area contributed by atoms with E-state index in [4.69, 9.17) is 0 Å². The Labute approximate surface area is 132 Å². The maximum Gasteiger partial charge on any atom is 0.0587 e. The number of fused-ring (bicyclic) bond motifs is 1. The Kier molecular flexibility index (Phi) is 4.52. The van der Waals surface area contributed by atoms with Gasteiger partial charge in [0.2, 0.25) is 0 Å². The van der Waals surface area contributed by atoms with Crippen LogP contribution in [-0.4, -0.2) is 58.8 Å². The minimum atomic E-state index is 0.249. The first-order valence-corrected chi connectivity index (χ1v) is 8.21. The van der Waals surface area contributed by atoms with E-state index in [9.17, 15) is 5.11 Å². The molecule has 1 fully saturated rings. The van der Waals surface area contributed by atoms with Crippen LogP contribution in [0.3, 0.4) is 0 Å². The summed E-state index contributed by atoms with van der Waals surface area (Å²) in [4.78, 5) is 4.69. The Hall–Kier alpha value is -1.36. The van der Waals surface area contributed by atoms with Crippen LogP contribution in [0, 0.1) is 0 Å². The van der Waals surface area contributed by atoms with Crippen molar-refractivity contribution >= 4 is 10.9 Å². The van der Waals surface area contributed by atoms with Gasteiger partial charge in [-0.15, -0.1) is 0 Å². The lowest BCUT2D eigenvalue weighted by Gasteiger charge is -2.23. The van der Waals surface area contributed by atoms with Crippen LogP contribution in [0.5, 0.6) is 0 Å². The quantitative estimate of drug-likeness (QED) is 0.918. The second-order valence-corrected chi connectivity index (χ2v) is 6.61. The molecular weight excluding hydrogens is 274 g/mol. The number of aliphatic hydroxyl groups excluding tert-OH is 1. The molecule has 2 atom stereocenters. The number of rotatable bonds is 5. The van der Waals surface area contributed by atoms with Crippen molar-refractivity contribution in [3.8, 4) is 0 Å². The van der Waals surface area contributed by atoms with E-state index in [0.29, 0.717) is 6.04 Å². The molecule has 1 aromatic heterocycles. The molecule has 0 unspecified atom stereocenters. The smallest absolute Gasteiger partial charge is 0.0587 e. The van der Waals surface area contributed by atoms with Gasteiger partial charge in [0.25, 0.3) is 0 Å². The van der Waals surface area contributed by atoms with Crippen LogP contribution in [-0.2, 0) is 13.1 Å². The molecule has 0 aliphatic carbocycles. The molecule has 2 aromatic rings. The van der Waals surface area contributed by atoms with Crippen molar-refractivity contribution in [1.82, 2.24) is 14.4 Å². The first-order valence-electron chi connectivity index (χ1n) is 8.21. The molecule has 0 spiro atoms. The fourth-order valence-corrected chi connectivity index (χ4v) is 3.57. The molecule has 1 N–H and O–H groups in total. The summed E-state index contributed by atoms with van der Waals surface area (Å²) in [6.07, 6.45) is 3.21. The normalized spacial score (nSPS) is 23.0. The third-order valence-electron chi connectivity index (χ3n) is 5.01. The number of aromatic nitrogens is 1. The van der Waals surface area contributed by atoms with Gasteiger partial charge >= 0.3 is 0 Å². The summed E-state index contributed by atoms with van der Waals surface area (Å²) >= 11 is 0. The molecule has 0 radical (unpaired) electrons. The summed E-state index contributed by atoms with van der Waals surface area (Å²) in [6, 6.07) is 9.76. The Morgan fingerprint density at radius 3 is 2.77 bits per heavy atom. The zero-order valence-corrected chi connectivity index (χ0v) is 13.9. The third-order valence-corrected chi connectivity index (χ3v) is 5.01. The molecule has 0 amide bonds. The minimum Gasteiger partial charge on any atom is -0.395 e. The Morgan fingerprint density at radius 2 is 2.09 bits per heavy atom. The Bertz CT molecular complexity index is 634. The summed E-state index contributed by atoms with van der Waals surface area (Å²) < 4.78 is 2.27. The van der Waals surface area contributed by atoms with Crippen molar-refractivity contribution in [2.75, 3.05) is 27.2 Å². The lowest BCUT2D eigenvalue weighted by atomic mass is 10.1. The van der Waals surface area contributed by atoms with Crippen molar-refractivity contribution in [2.24, 2.45) is 0 Å². The highest BCUT2D eigenvalue weighted by molar-refractivity contribution is 5.80. The molecule has 0 bridgehead atoms. The molecule has 3 rings (SSSR count). The molecule has 2 heterocycles. The van der Waals surface area contributed by atoms with E-state index in [-0.39, 0.29) is 12.6 Å². The van der Waals surface area contributed by atoms with Crippen molar-refractivity contribution in [2.45, 2.75) is 38.5 Å². The third kappa shape index (κ3) is 2.91. The molecule has 1 saturated heterocycles. The van der Waals surface area contributed by atoms with E-state index in [1.807, 2.05) is 0 Å². The number of hydrogen-bond donors (Lipinski definition) is 1. The second kappa shape index (κ2) is 6.41. The van der Waals surface area contributed by atoms with Gasteiger partial charge in [-0.25, -0.2) is 0 Å². The highest BCUT2D eigenvalue weighted by atomic mass is 16.3. The van der Waals surface area contributed by atoms with Gasteiger partial charge in [0, 0.05) is 43.4 Å². The number of aliphatic hydroxyl groups is 1. The molecule has 1 aliphatic rings. The van der Waals surface area contributed by atoms with E-state index in [1.54, 1.807) is 0 Å². The number of hydrogen-bond acceptors (Lipinski definition) is 3. The monoisotopic (exact) mass is 301 g/mol. The highest BCUT2D eigenvalue weighted by Gasteiger charge is 2.32. The second-order valence-electron chi connectivity index (χ2n) is 6.61. The molecular formula is C18H27N3O. The van der Waals surface area contributed by atoms with E-state index >= 15 is 0 Å². The summed E-state index contributed by atoms with van der Waals surface area (Å²) in [7, 11) is 4.25. The van der Waals surface area contributed by atoms with Crippen LogP contribution in [0.4, 0.5) is 0 Å². The van der Waals surface area contributed by atoms with E-state index in [1.165, 1.54) is 16.5 Å². The summed E-state index contributed by atoms with van der Waals surface area (Å²) in [6.45, 7) is 5.38. The summed E-state index contributed by atoms with van der Waals surface area (Å²) in [5.74, 6) is 0. The lowest BCUT2D eigenvalue weighted by molar-refractivity contribution is 0.153. The van der Waals surface area contributed by atoms with Crippen LogP contribution in [0.25, 0.3) is 10.9 Å². The average molecular weight is 301 g/mol. The van der Waals surface area contributed by atoms with Crippen molar-refractivity contribution in [1.29, 1.82) is 0 Å². The molecule has 1 aromatic carbocycles. The van der Waals surface area contributed by atoms with E-state index in [2.05, 4.69) is 65.8 Å². The number of benzene rings is 1. The van der Waals surface area contributed by atoms with Crippen LogP contribution in [0.1, 0.15) is 18.9 Å². The first kappa shape index (κ1) is 15.5. The number of aryl methyl sites for hydroxylation is 1. The van der Waals surface area contributed by atoms with Crippen LogP contribution >= 0.6 is 0 Å². The standard InChI is InChI=1S/C18H27N3O/c1-4-20-8-7-15-9-14(5-6-18(15)20)11-21-12-16(19(2)3)10-17(21)13-22/h5-9,16-17,22H,4,10-13H2,1-3H3/t16-,17+/m1/s1. The fraction of sp³-hybridized carbons (Fsp3) is 0.556. The Balaban J connectivity index is 1.77. The summed E-state index contributed by atoms with van der Waals surface area (Å²) in [5.41, 5.74) is 2.64. The zero-order chi connectivity index (χ0) is 15.7. The number of likely N-dealkylation sites (N-methyl/N-ethyl adjacent to an activating group) is 1. The van der Waals surface area contributed by atoms with Gasteiger partial charge in [-0.1, -0.05) is 6.07 Å². The topological polar surface area (TPSA) is 31.6 Å². The number of likely N-dealkylation sites (tertiary alicyclic amines) is 1. The van der Waals surface area contributed by atoms with Gasteiger partial charge in [-0.2, -0.15) is 0 Å². The fourth-order valence-electron chi connectivity index (χ4n) is 3.57. The van der Waals surface area contributed by atoms with E-state index < -0.39 is 0 Å². The molecule has 1 aliphatic heterocycles. The largest absolute Gasteiger partial charge is 0.395 e. The van der Waals surface area contributed by atoms with Crippen LogP contribution in [0.15, 0.2) is 30.5 Å². The van der Waals surface area contributed by atoms with Crippen molar-refractivity contribution in [3.05, 3.63) is 36.0 Å². The first-order chi connectivity index (χ1) is 10.6. The molecule has 0 saturated carbocycles. The average Bonchev–Trinajstić information content (AvgIpc) is 3.10. The molecule has 120 valence electrons. The van der Waals surface area contributed by atoms with Gasteiger partial charge in [-0.05, 0) is 56.6 Å². The zero-order valence-electron chi connectivity index (χ0n) is 13.9. The predicted octanol–water partition coefficient (Wildman–Crippen LogP) is 2.16. The lowest BCUT2D eigenvalue weighted by Crippen LogP contribution is -2.33. The van der Waals surface area contributed by atoms with Crippen LogP contribution in [0.2, 0.25) is 0 Å². The highest BCUT2D eigenvalue weighted by Crippen LogP contribution is 2.24. The van der Waals surface area contributed by atoms with Crippen molar-refractivity contribution in [3.63, 3.8) is 0 Å². The molecule has 4 nitrogen and oxygen atoms in total. The summed E-state index contributed by atoms with van der Waals surface area (Å²) in [5, 5.41) is 11.0. The van der Waals surface area contributed by atoms with Crippen LogP contribution < -0.4 is 0 Å². The van der Waals surface area contributed by atoms with Gasteiger partial charge in [-0.3, -0.25) is 4.90 Å². The van der Waals surface area contributed by atoms with E-state index in [0.717, 1.165) is 26.1 Å². The van der Waals surface area contributed by atoms with Gasteiger partial charge in [0.15, 0.2) is 0 Å². The van der Waals surface area contributed by atoms with Gasteiger partial charge in [0.05, 0.1) is 6.61 Å². The number of nitrogens with zero attached hydrogens (tertiary/aromatic N) is 3.